The van der Waals surface area contributed by atoms with E-state index in [-0.39, 0.29) is 0 Å². The average molecular weight is 567 g/mol. The molecule has 0 aliphatic rings. The first-order chi connectivity index (χ1) is 21.8. The molecule has 6 aromatic heterocycles. The summed E-state index contributed by atoms with van der Waals surface area (Å²) >= 11 is 0. The van der Waals surface area contributed by atoms with Crippen molar-refractivity contribution in [2.24, 2.45) is 0 Å². The highest BCUT2D eigenvalue weighted by Gasteiger charge is 2.23. The first-order valence-corrected chi connectivity index (χ1v) is 14.3. The third-order valence-electron chi connectivity index (χ3n) is 7.96. The summed E-state index contributed by atoms with van der Waals surface area (Å²) in [5.41, 5.74) is 5.37. The summed E-state index contributed by atoms with van der Waals surface area (Å²) < 4.78 is 4.38. The van der Waals surface area contributed by atoms with Crippen LogP contribution in [0.15, 0.2) is 134 Å². The Kier molecular flexibility index (Phi) is 5.33. The minimum Gasteiger partial charge on any atom is -0.292 e. The maximum absolute atomic E-state index is 5.06. The van der Waals surface area contributed by atoms with Crippen LogP contribution < -0.4 is 0 Å². The van der Waals surface area contributed by atoms with Gasteiger partial charge < -0.3 is 0 Å². The minimum absolute atomic E-state index is 0.472. The molecule has 0 amide bonds. The quantitative estimate of drug-likeness (QED) is 0.218. The normalized spacial score (nSPS) is 11.6. The zero-order valence-corrected chi connectivity index (χ0v) is 23.3. The van der Waals surface area contributed by atoms with Crippen LogP contribution in [0.4, 0.5) is 0 Å². The molecule has 8 nitrogen and oxygen atoms in total. The van der Waals surface area contributed by atoms with Gasteiger partial charge in [0.25, 0.3) is 0 Å². The van der Waals surface area contributed by atoms with Crippen LogP contribution in [0.3, 0.4) is 0 Å². The Bertz CT molecular complexity index is 2430. The van der Waals surface area contributed by atoms with Crippen molar-refractivity contribution in [1.29, 1.82) is 0 Å². The molecule has 0 bridgehead atoms. The van der Waals surface area contributed by atoms with E-state index in [0.29, 0.717) is 29.0 Å². The molecule has 9 aromatic rings. The summed E-state index contributed by atoms with van der Waals surface area (Å²) in [6.07, 6.45) is 5.32. The van der Waals surface area contributed by atoms with E-state index in [1.54, 1.807) is 12.4 Å². The lowest BCUT2D eigenvalue weighted by atomic mass is 10.1. The van der Waals surface area contributed by atoms with Gasteiger partial charge in [-0.3, -0.25) is 19.1 Å². The van der Waals surface area contributed by atoms with Gasteiger partial charge in [0, 0.05) is 40.1 Å². The SMILES string of the molecule is c1ccc(-c2nc(-c3ccccn3)nc(-n3c4ccccc4c4ccc5c6ccccc6n(-c6ccccn6)c5c43)n2)nc1. The number of benzene rings is 3. The third kappa shape index (κ3) is 3.64. The summed E-state index contributed by atoms with van der Waals surface area (Å²) in [7, 11) is 0. The van der Waals surface area contributed by atoms with Gasteiger partial charge in [0.1, 0.15) is 17.2 Å². The highest BCUT2D eigenvalue weighted by molar-refractivity contribution is 6.23. The van der Waals surface area contributed by atoms with Crippen LogP contribution in [0.2, 0.25) is 0 Å². The molecule has 0 saturated carbocycles. The van der Waals surface area contributed by atoms with Gasteiger partial charge in [-0.15, -0.1) is 0 Å². The van der Waals surface area contributed by atoms with Crippen LogP contribution in [-0.4, -0.2) is 39.0 Å². The van der Waals surface area contributed by atoms with Gasteiger partial charge in [-0.05, 0) is 48.5 Å². The Morgan fingerprint density at radius 1 is 0.386 bits per heavy atom. The molecule has 3 aromatic carbocycles. The number of fused-ring (bicyclic) bond motifs is 7. The molecule has 44 heavy (non-hydrogen) atoms. The number of para-hydroxylation sites is 2. The second kappa shape index (κ2) is 9.64. The van der Waals surface area contributed by atoms with Crippen molar-refractivity contribution < 1.29 is 0 Å². The molecule has 0 spiro atoms. The van der Waals surface area contributed by atoms with E-state index in [9.17, 15) is 0 Å². The molecule has 0 unspecified atom stereocenters. The van der Waals surface area contributed by atoms with E-state index in [1.165, 1.54) is 0 Å². The predicted octanol–water partition coefficient (Wildman–Crippen LogP) is 7.58. The lowest BCUT2D eigenvalue weighted by molar-refractivity contribution is 0.943. The van der Waals surface area contributed by atoms with Gasteiger partial charge >= 0.3 is 0 Å². The van der Waals surface area contributed by atoms with Gasteiger partial charge in [-0.1, -0.05) is 66.7 Å². The largest absolute Gasteiger partial charge is 0.292 e. The number of pyridine rings is 3. The lowest BCUT2D eigenvalue weighted by Crippen LogP contribution is -2.08. The maximum Gasteiger partial charge on any atom is 0.238 e. The summed E-state index contributed by atoms with van der Waals surface area (Å²) in [6.45, 7) is 0. The first kappa shape index (κ1) is 24.3. The summed E-state index contributed by atoms with van der Waals surface area (Å²) in [5.74, 6) is 2.26. The Morgan fingerprint density at radius 2 is 0.886 bits per heavy atom. The smallest absolute Gasteiger partial charge is 0.238 e. The highest BCUT2D eigenvalue weighted by Crippen LogP contribution is 2.41. The highest BCUT2D eigenvalue weighted by atomic mass is 15.2. The fraction of sp³-hybridized carbons (Fsp3) is 0. The van der Waals surface area contributed by atoms with E-state index >= 15 is 0 Å². The maximum atomic E-state index is 5.06. The fourth-order valence-electron chi connectivity index (χ4n) is 6.12. The number of hydrogen-bond acceptors (Lipinski definition) is 6. The Morgan fingerprint density at radius 3 is 1.43 bits per heavy atom. The van der Waals surface area contributed by atoms with E-state index in [1.807, 2.05) is 66.9 Å². The molecule has 206 valence electrons. The van der Waals surface area contributed by atoms with Crippen LogP contribution in [0.25, 0.3) is 78.4 Å². The van der Waals surface area contributed by atoms with Crippen molar-refractivity contribution in [3.8, 4) is 34.8 Å². The van der Waals surface area contributed by atoms with Crippen molar-refractivity contribution in [1.82, 2.24) is 39.0 Å². The Hall–Kier alpha value is -6.28. The molecular weight excluding hydrogens is 544 g/mol. The predicted molar refractivity (Wildman–Crippen MR) is 173 cm³/mol. The summed E-state index contributed by atoms with van der Waals surface area (Å²) in [4.78, 5) is 28.9. The molecule has 0 fully saturated rings. The topological polar surface area (TPSA) is 87.2 Å². The molecule has 0 aliphatic heterocycles. The molecular formula is C36H22N8. The zero-order chi connectivity index (χ0) is 29.0. The minimum atomic E-state index is 0.472. The second-order valence-corrected chi connectivity index (χ2v) is 10.5. The van der Waals surface area contributed by atoms with Crippen molar-refractivity contribution in [3.63, 3.8) is 0 Å². The van der Waals surface area contributed by atoms with Gasteiger partial charge in [0.05, 0.1) is 22.1 Å². The second-order valence-electron chi connectivity index (χ2n) is 10.5. The number of hydrogen-bond donors (Lipinski definition) is 0. The van der Waals surface area contributed by atoms with Gasteiger partial charge in [-0.25, -0.2) is 9.97 Å². The molecule has 8 heteroatoms. The molecule has 0 radical (unpaired) electrons. The van der Waals surface area contributed by atoms with Crippen LogP contribution in [0.5, 0.6) is 0 Å². The Labute approximate surface area is 251 Å². The Balaban J connectivity index is 1.48. The number of nitrogens with zero attached hydrogens (tertiary/aromatic N) is 8. The van der Waals surface area contributed by atoms with Crippen LogP contribution in [0, 0.1) is 0 Å². The monoisotopic (exact) mass is 566 g/mol. The van der Waals surface area contributed by atoms with E-state index in [4.69, 9.17) is 19.9 Å². The summed E-state index contributed by atoms with van der Waals surface area (Å²) in [5, 5.41) is 4.45. The first-order valence-electron chi connectivity index (χ1n) is 14.3. The standard InChI is InChI=1S/C36H22N8/c1-3-15-29-23(11-1)25-18-19-26-24-12-2-4-16-30(24)44(33(26)32(25)43(29)31-17-7-10-22-39-31)36-41-34(27-13-5-8-20-37-27)40-35(42-36)28-14-6-9-21-38-28/h1-22H. The molecule has 0 aliphatic carbocycles. The molecule has 0 saturated heterocycles. The van der Waals surface area contributed by atoms with E-state index in [0.717, 1.165) is 49.4 Å². The molecule has 0 atom stereocenters. The zero-order valence-electron chi connectivity index (χ0n) is 23.3. The van der Waals surface area contributed by atoms with Crippen molar-refractivity contribution in [2.45, 2.75) is 0 Å². The van der Waals surface area contributed by atoms with E-state index in [2.05, 4.69) is 73.7 Å². The fourth-order valence-corrected chi connectivity index (χ4v) is 6.12. The van der Waals surface area contributed by atoms with Gasteiger partial charge in [0.15, 0.2) is 11.6 Å². The molecule has 6 heterocycles. The van der Waals surface area contributed by atoms with Crippen LogP contribution >= 0.6 is 0 Å². The van der Waals surface area contributed by atoms with Crippen LogP contribution in [-0.2, 0) is 0 Å². The number of rotatable bonds is 4. The third-order valence-corrected chi connectivity index (χ3v) is 7.96. The van der Waals surface area contributed by atoms with Gasteiger partial charge in [0.2, 0.25) is 5.95 Å². The van der Waals surface area contributed by atoms with E-state index < -0.39 is 0 Å². The average Bonchev–Trinajstić information content (AvgIpc) is 3.62. The number of aromatic nitrogens is 8. The lowest BCUT2D eigenvalue weighted by Gasteiger charge is -2.12. The van der Waals surface area contributed by atoms with Crippen LogP contribution in [0.1, 0.15) is 0 Å². The molecule has 0 N–H and O–H groups in total. The van der Waals surface area contributed by atoms with Crippen molar-refractivity contribution >= 4 is 43.6 Å². The van der Waals surface area contributed by atoms with Crippen molar-refractivity contribution in [2.75, 3.05) is 0 Å². The van der Waals surface area contributed by atoms with Gasteiger partial charge in [-0.2, -0.15) is 9.97 Å². The summed E-state index contributed by atoms with van der Waals surface area (Å²) in [6, 6.07) is 38.7. The van der Waals surface area contributed by atoms with Crippen molar-refractivity contribution in [3.05, 3.63) is 134 Å². The molecule has 9 rings (SSSR count).